The van der Waals surface area contributed by atoms with E-state index in [2.05, 4.69) is 14.7 Å². The minimum Gasteiger partial charge on any atom is -0.379 e. The van der Waals surface area contributed by atoms with Crippen molar-refractivity contribution in [2.45, 2.75) is 37.7 Å². The van der Waals surface area contributed by atoms with Crippen LogP contribution in [0.2, 0.25) is 0 Å². The molecule has 0 saturated heterocycles. The summed E-state index contributed by atoms with van der Waals surface area (Å²) in [5, 5.41) is 3.05. The molecule has 0 fully saturated rings. The maximum atomic E-state index is 12.5. The highest BCUT2D eigenvalue weighted by molar-refractivity contribution is 5.03. The second-order valence-electron chi connectivity index (χ2n) is 4.19. The number of hydrogen-bond donors (Lipinski definition) is 1. The van der Waals surface area contributed by atoms with Gasteiger partial charge in [-0.3, -0.25) is 0 Å². The largest absolute Gasteiger partial charge is 0.409 e. The third-order valence-corrected chi connectivity index (χ3v) is 2.34. The molecule has 0 aliphatic heterocycles. The minimum absolute atomic E-state index is 0.143. The first-order chi connectivity index (χ1) is 9.57. The smallest absolute Gasteiger partial charge is 0.379 e. The molecule has 0 aliphatic rings. The maximum absolute atomic E-state index is 12.5. The molecule has 122 valence electrons. The topological polar surface area (TPSA) is 74.2 Å². The van der Waals surface area contributed by atoms with E-state index in [4.69, 9.17) is 10.5 Å². The number of halogens is 6. The highest BCUT2D eigenvalue weighted by atomic mass is 19.4. The number of nitrogens with two attached hydrogens (primary N) is 1. The van der Waals surface area contributed by atoms with Crippen LogP contribution in [0.15, 0.2) is 4.52 Å². The number of nitrogens with zero attached hydrogens (tertiary/aromatic N) is 2. The van der Waals surface area contributed by atoms with Crippen molar-refractivity contribution in [3.8, 4) is 0 Å². The fourth-order valence-electron chi connectivity index (χ4n) is 1.41. The summed E-state index contributed by atoms with van der Waals surface area (Å²) in [6, 6.07) is -1.07. The number of ether oxygens (including phenoxy) is 1. The third-order valence-electron chi connectivity index (χ3n) is 2.34. The van der Waals surface area contributed by atoms with E-state index in [1.54, 1.807) is 0 Å². The second kappa shape index (κ2) is 6.60. The van der Waals surface area contributed by atoms with Crippen molar-refractivity contribution in [1.29, 1.82) is 0 Å². The summed E-state index contributed by atoms with van der Waals surface area (Å²) in [5.41, 5.74) is 5.49. The van der Waals surface area contributed by atoms with Gasteiger partial charge in [0.1, 0.15) is 0 Å². The van der Waals surface area contributed by atoms with E-state index >= 15 is 0 Å². The molecule has 1 unspecified atom stereocenters. The molecule has 0 spiro atoms. The molecule has 0 radical (unpaired) electrons. The molecule has 1 aromatic heterocycles. The Morgan fingerprint density at radius 3 is 2.24 bits per heavy atom. The summed E-state index contributed by atoms with van der Waals surface area (Å²) in [7, 11) is 0. The van der Waals surface area contributed by atoms with Crippen LogP contribution in [-0.4, -0.2) is 35.7 Å². The van der Waals surface area contributed by atoms with Crippen molar-refractivity contribution in [2.75, 3.05) is 13.2 Å². The predicted octanol–water partition coefficient (Wildman–Crippen LogP) is 2.70. The monoisotopic (exact) mass is 321 g/mol. The van der Waals surface area contributed by atoms with Gasteiger partial charge in [0.2, 0.25) is 11.8 Å². The van der Waals surface area contributed by atoms with Crippen molar-refractivity contribution in [1.82, 2.24) is 10.1 Å². The Morgan fingerprint density at radius 2 is 1.76 bits per heavy atom. The van der Waals surface area contributed by atoms with E-state index in [0.29, 0.717) is 13.0 Å². The van der Waals surface area contributed by atoms with Crippen molar-refractivity contribution >= 4 is 0 Å². The van der Waals surface area contributed by atoms with Crippen LogP contribution >= 0.6 is 0 Å². The molecule has 0 amide bonds. The lowest BCUT2D eigenvalue weighted by Gasteiger charge is -2.19. The highest BCUT2D eigenvalue weighted by Gasteiger charge is 2.60. The first kappa shape index (κ1) is 17.7. The fourth-order valence-corrected chi connectivity index (χ4v) is 1.41. The molecule has 0 bridgehead atoms. The van der Waals surface area contributed by atoms with Crippen LogP contribution < -0.4 is 5.73 Å². The zero-order valence-electron chi connectivity index (χ0n) is 10.8. The Labute approximate surface area is 115 Å². The predicted molar refractivity (Wildman–Crippen MR) is 57.2 cm³/mol. The van der Waals surface area contributed by atoms with Gasteiger partial charge in [0.05, 0.1) is 12.6 Å². The summed E-state index contributed by atoms with van der Waals surface area (Å²) in [6.07, 6.45) is -10.5. The highest BCUT2D eigenvalue weighted by Crippen LogP contribution is 2.45. The maximum Gasteiger partial charge on any atom is 0.409 e. The summed E-state index contributed by atoms with van der Waals surface area (Å²) in [6.45, 7) is 2.01. The van der Waals surface area contributed by atoms with Gasteiger partial charge in [0, 0.05) is 6.61 Å². The van der Waals surface area contributed by atoms with Crippen LogP contribution in [0.1, 0.15) is 37.0 Å². The summed E-state index contributed by atoms with van der Waals surface area (Å²) < 4.78 is 83.8. The molecule has 0 aromatic carbocycles. The van der Waals surface area contributed by atoms with Gasteiger partial charge in [-0.15, -0.1) is 0 Å². The van der Waals surface area contributed by atoms with Gasteiger partial charge in [0.15, 0.2) is 5.82 Å². The molecule has 0 aliphatic carbocycles. The van der Waals surface area contributed by atoms with Crippen LogP contribution in [0.5, 0.6) is 0 Å². The van der Waals surface area contributed by atoms with Gasteiger partial charge in [-0.25, -0.2) is 0 Å². The quantitative estimate of drug-likeness (QED) is 0.644. The lowest BCUT2D eigenvalue weighted by Crippen LogP contribution is -2.34. The van der Waals surface area contributed by atoms with Crippen molar-refractivity contribution < 1.29 is 35.6 Å². The van der Waals surface area contributed by atoms with E-state index in [-0.39, 0.29) is 6.61 Å². The third kappa shape index (κ3) is 4.84. The molecule has 1 heterocycles. The van der Waals surface area contributed by atoms with Gasteiger partial charge in [0.25, 0.3) is 0 Å². The lowest BCUT2D eigenvalue weighted by molar-refractivity contribution is -0.259. The van der Waals surface area contributed by atoms with Crippen LogP contribution in [0.3, 0.4) is 0 Å². The number of rotatable bonds is 6. The molecular formula is C10H13F6N3O2. The van der Waals surface area contributed by atoms with E-state index in [0.717, 1.165) is 0 Å². The number of alkyl halides is 6. The first-order valence-electron chi connectivity index (χ1n) is 5.87. The minimum atomic E-state index is -5.59. The molecule has 0 saturated carbocycles. The van der Waals surface area contributed by atoms with Crippen LogP contribution in [-0.2, 0) is 4.74 Å². The van der Waals surface area contributed by atoms with E-state index in [1.807, 2.05) is 6.92 Å². The molecule has 2 N–H and O–H groups in total. The lowest BCUT2D eigenvalue weighted by atomic mass is 10.1. The van der Waals surface area contributed by atoms with E-state index in [1.165, 1.54) is 0 Å². The fraction of sp³-hybridized carbons (Fsp3) is 0.800. The van der Waals surface area contributed by atoms with Gasteiger partial charge in [-0.1, -0.05) is 12.1 Å². The standard InChI is InChI=1S/C10H13F6N3O2/c1-2-3-20-4-5(17)7-18-8(21-19-7)6(9(11,12)13)10(14,15)16/h5-6H,2-4,17H2,1H3. The SMILES string of the molecule is CCCOCC(N)c1noc(C(C(F)(F)F)C(F)(F)F)n1. The molecule has 1 atom stereocenters. The summed E-state index contributed by atoms with van der Waals surface area (Å²) in [5.74, 6) is -5.90. The Morgan fingerprint density at radius 1 is 1.19 bits per heavy atom. The Kier molecular flexibility index (Phi) is 5.56. The first-order valence-corrected chi connectivity index (χ1v) is 5.87. The number of aromatic nitrogens is 2. The van der Waals surface area contributed by atoms with Gasteiger partial charge in [-0.05, 0) is 6.42 Å². The molecule has 11 heteroatoms. The van der Waals surface area contributed by atoms with Crippen LogP contribution in [0, 0.1) is 0 Å². The molecule has 1 rings (SSSR count). The normalized spacial score (nSPS) is 14.7. The zero-order chi connectivity index (χ0) is 16.3. The number of hydrogen-bond acceptors (Lipinski definition) is 5. The summed E-state index contributed by atoms with van der Waals surface area (Å²) >= 11 is 0. The summed E-state index contributed by atoms with van der Waals surface area (Å²) in [4.78, 5) is 3.10. The Bertz CT molecular complexity index is 431. The van der Waals surface area contributed by atoms with Crippen molar-refractivity contribution in [3.05, 3.63) is 11.7 Å². The average Bonchev–Trinajstić information content (AvgIpc) is 2.74. The van der Waals surface area contributed by atoms with Gasteiger partial charge >= 0.3 is 12.4 Å². The average molecular weight is 321 g/mol. The van der Waals surface area contributed by atoms with Gasteiger partial charge < -0.3 is 15.0 Å². The van der Waals surface area contributed by atoms with E-state index in [9.17, 15) is 26.3 Å². The Balaban J connectivity index is 2.90. The molecule has 1 aromatic rings. The Hall–Kier alpha value is -1.36. The second-order valence-corrected chi connectivity index (χ2v) is 4.19. The molecule has 21 heavy (non-hydrogen) atoms. The van der Waals surface area contributed by atoms with Crippen LogP contribution in [0.25, 0.3) is 0 Å². The van der Waals surface area contributed by atoms with E-state index < -0.39 is 36.0 Å². The van der Waals surface area contributed by atoms with Crippen molar-refractivity contribution in [3.63, 3.8) is 0 Å². The molecule has 5 nitrogen and oxygen atoms in total. The zero-order valence-corrected chi connectivity index (χ0v) is 10.8. The van der Waals surface area contributed by atoms with Crippen molar-refractivity contribution in [2.24, 2.45) is 5.73 Å². The van der Waals surface area contributed by atoms with Gasteiger partial charge in [-0.2, -0.15) is 31.3 Å². The molecular weight excluding hydrogens is 308 g/mol. The van der Waals surface area contributed by atoms with Crippen LogP contribution in [0.4, 0.5) is 26.3 Å².